The topological polar surface area (TPSA) is 93.1 Å². The van der Waals surface area contributed by atoms with Crippen molar-refractivity contribution in [2.24, 2.45) is 0 Å². The van der Waals surface area contributed by atoms with Crippen LogP contribution in [0.25, 0.3) is 0 Å². The van der Waals surface area contributed by atoms with Gasteiger partial charge in [0.2, 0.25) is 0 Å². The summed E-state index contributed by atoms with van der Waals surface area (Å²) in [6.45, 7) is 7.42. The zero-order valence-electron chi connectivity index (χ0n) is 14.1. The normalized spacial score (nSPS) is 15.2. The maximum Gasteiger partial charge on any atom is 0.470 e. The molecule has 0 rings (SSSR count). The molecular formula is C14H29NO6P+. The zero-order chi connectivity index (χ0) is 17.6. The number of carbonyl (C=O) groups excluding carboxylic acids is 1. The molecule has 2 unspecified atom stereocenters. The van der Waals surface area contributed by atoms with Crippen molar-refractivity contribution in [2.75, 3.05) is 27.7 Å². The number of hydrogen-bond donors (Lipinski definition) is 2. The maximum atomic E-state index is 11.7. The number of carbonyl (C=O) groups is 1. The van der Waals surface area contributed by atoms with E-state index in [2.05, 4.69) is 6.58 Å². The molecule has 0 spiro atoms. The Balaban J connectivity index is 4.97. The second kappa shape index (κ2) is 8.79. The largest absolute Gasteiger partial charge is 0.470 e. The molecule has 0 amide bonds. The first-order valence-corrected chi connectivity index (χ1v) is 8.78. The summed E-state index contributed by atoms with van der Waals surface area (Å²) in [7, 11) is 1.08. The lowest BCUT2D eigenvalue weighted by Gasteiger charge is -2.31. The molecule has 0 aliphatic heterocycles. The molecule has 2 atom stereocenters. The van der Waals surface area contributed by atoms with Gasteiger partial charge in [0.05, 0.1) is 21.1 Å². The highest BCUT2D eigenvalue weighted by Gasteiger charge is 2.30. The second-order valence-corrected chi connectivity index (χ2v) is 7.71. The van der Waals surface area contributed by atoms with Crippen LogP contribution in [-0.4, -0.2) is 60.1 Å². The van der Waals surface area contributed by atoms with Gasteiger partial charge in [-0.2, -0.15) is 0 Å². The van der Waals surface area contributed by atoms with Gasteiger partial charge in [0, 0.05) is 12.0 Å². The molecule has 0 aromatic rings. The highest BCUT2D eigenvalue weighted by Crippen LogP contribution is 2.39. The first kappa shape index (κ1) is 21.3. The maximum absolute atomic E-state index is 11.7. The Labute approximate surface area is 132 Å². The zero-order valence-corrected chi connectivity index (χ0v) is 15.0. The lowest BCUT2D eigenvalue weighted by molar-refractivity contribution is -0.873. The first-order valence-electron chi connectivity index (χ1n) is 7.25. The highest BCUT2D eigenvalue weighted by molar-refractivity contribution is 7.46. The molecule has 0 aliphatic rings. The smallest absolute Gasteiger partial charge is 0.459 e. The average Bonchev–Trinajstić information content (AvgIpc) is 2.23. The Hall–Kier alpha value is -0.720. The SMILES string of the molecule is C=C(C)C(=O)OC(CCC)CC(C[N+](C)(C)C)OP(=O)(O)O. The fraction of sp³-hybridized carbons (Fsp3) is 0.786. The van der Waals surface area contributed by atoms with Gasteiger partial charge in [-0.3, -0.25) is 4.52 Å². The van der Waals surface area contributed by atoms with Crippen molar-refractivity contribution < 1.29 is 32.9 Å². The van der Waals surface area contributed by atoms with Crippen molar-refractivity contribution in [2.45, 2.75) is 45.3 Å². The number of quaternary nitrogens is 1. The van der Waals surface area contributed by atoms with Gasteiger partial charge in [-0.25, -0.2) is 9.36 Å². The molecule has 0 aromatic carbocycles. The van der Waals surface area contributed by atoms with Gasteiger partial charge in [0.25, 0.3) is 0 Å². The monoisotopic (exact) mass is 338 g/mol. The molecule has 0 bridgehead atoms. The van der Waals surface area contributed by atoms with E-state index in [9.17, 15) is 9.36 Å². The minimum atomic E-state index is -4.60. The van der Waals surface area contributed by atoms with Gasteiger partial charge in [-0.05, 0) is 13.3 Å². The molecular weight excluding hydrogens is 309 g/mol. The predicted molar refractivity (Wildman–Crippen MR) is 84.0 cm³/mol. The first-order chi connectivity index (χ1) is 9.84. The van der Waals surface area contributed by atoms with Crippen LogP contribution >= 0.6 is 7.82 Å². The molecule has 0 radical (unpaired) electrons. The summed E-state index contributed by atoms with van der Waals surface area (Å²) in [4.78, 5) is 29.8. The van der Waals surface area contributed by atoms with Crippen LogP contribution in [0.4, 0.5) is 0 Å². The van der Waals surface area contributed by atoms with E-state index in [0.29, 0.717) is 23.0 Å². The number of phosphoric acid groups is 1. The third-order valence-electron chi connectivity index (χ3n) is 2.80. The molecule has 8 heteroatoms. The minimum absolute atomic E-state index is 0.230. The van der Waals surface area contributed by atoms with Gasteiger partial charge >= 0.3 is 13.8 Å². The highest BCUT2D eigenvalue weighted by atomic mass is 31.2. The van der Waals surface area contributed by atoms with Gasteiger partial charge in [-0.15, -0.1) is 0 Å². The fourth-order valence-corrected chi connectivity index (χ4v) is 2.59. The van der Waals surface area contributed by atoms with Gasteiger partial charge in [0.15, 0.2) is 0 Å². The lowest BCUT2D eigenvalue weighted by atomic mass is 10.1. The standard InChI is InChI=1S/C14H28NO6P/c1-7-8-12(20-14(16)11(2)3)9-13(10-15(4,5)6)21-22(17,18)19/h12-13H,2,7-10H2,1,3-6H3,(H-,17,18,19)/p+1. The molecule has 130 valence electrons. The van der Waals surface area contributed by atoms with Crippen LogP contribution in [0.1, 0.15) is 33.1 Å². The van der Waals surface area contributed by atoms with Crippen LogP contribution in [0, 0.1) is 0 Å². The summed E-state index contributed by atoms with van der Waals surface area (Å²) in [6.07, 6.45) is 0.429. The molecule has 7 nitrogen and oxygen atoms in total. The lowest BCUT2D eigenvalue weighted by Crippen LogP contribution is -2.43. The Morgan fingerprint density at radius 1 is 1.27 bits per heavy atom. The Morgan fingerprint density at radius 2 is 1.82 bits per heavy atom. The van der Waals surface area contributed by atoms with E-state index in [1.54, 1.807) is 6.92 Å². The number of nitrogens with zero attached hydrogens (tertiary/aromatic N) is 1. The number of phosphoric ester groups is 1. The molecule has 0 aromatic heterocycles. The van der Waals surface area contributed by atoms with E-state index in [1.165, 1.54) is 0 Å². The summed E-state index contributed by atoms with van der Waals surface area (Å²) in [5.41, 5.74) is 0.292. The third-order valence-corrected chi connectivity index (χ3v) is 3.37. The van der Waals surface area contributed by atoms with Crippen LogP contribution in [0.3, 0.4) is 0 Å². The summed E-state index contributed by atoms with van der Waals surface area (Å²) < 4.78 is 21.8. The van der Waals surface area contributed by atoms with Gasteiger partial charge in [-0.1, -0.05) is 19.9 Å². The number of esters is 1. The van der Waals surface area contributed by atoms with E-state index >= 15 is 0 Å². The molecule has 0 saturated heterocycles. The molecule has 0 saturated carbocycles. The van der Waals surface area contributed by atoms with Crippen molar-refractivity contribution in [3.05, 3.63) is 12.2 Å². The van der Waals surface area contributed by atoms with Crippen molar-refractivity contribution in [1.29, 1.82) is 0 Å². The average molecular weight is 338 g/mol. The summed E-state index contributed by atoms with van der Waals surface area (Å²) >= 11 is 0. The summed E-state index contributed by atoms with van der Waals surface area (Å²) in [5.74, 6) is -0.501. The van der Waals surface area contributed by atoms with Crippen LogP contribution in [0.5, 0.6) is 0 Å². The van der Waals surface area contributed by atoms with E-state index in [-0.39, 0.29) is 6.42 Å². The van der Waals surface area contributed by atoms with Gasteiger partial charge in [0.1, 0.15) is 18.8 Å². The molecule has 22 heavy (non-hydrogen) atoms. The summed E-state index contributed by atoms with van der Waals surface area (Å²) in [5, 5.41) is 0. The number of likely N-dealkylation sites (N-methyl/N-ethyl adjacent to an activating group) is 1. The van der Waals surface area contributed by atoms with Crippen molar-refractivity contribution >= 4 is 13.8 Å². The van der Waals surface area contributed by atoms with E-state index in [1.807, 2.05) is 28.1 Å². The molecule has 0 heterocycles. The van der Waals surface area contributed by atoms with Crippen molar-refractivity contribution in [1.82, 2.24) is 0 Å². The quantitative estimate of drug-likeness (QED) is 0.273. The third kappa shape index (κ3) is 10.9. The predicted octanol–water partition coefficient (Wildman–Crippen LogP) is 1.85. The fourth-order valence-electron chi connectivity index (χ4n) is 2.05. The van der Waals surface area contributed by atoms with Crippen LogP contribution in [0.15, 0.2) is 12.2 Å². The van der Waals surface area contributed by atoms with Crippen LogP contribution < -0.4 is 0 Å². The number of hydrogen-bond acceptors (Lipinski definition) is 4. The van der Waals surface area contributed by atoms with E-state index in [4.69, 9.17) is 19.0 Å². The van der Waals surface area contributed by atoms with Crippen LogP contribution in [-0.2, 0) is 18.6 Å². The number of ether oxygens (including phenoxy) is 1. The Kier molecular flexibility index (Phi) is 8.51. The Morgan fingerprint density at radius 3 is 2.18 bits per heavy atom. The summed E-state index contributed by atoms with van der Waals surface area (Å²) in [6, 6.07) is 0. The Bertz CT molecular complexity index is 426. The van der Waals surface area contributed by atoms with Crippen molar-refractivity contribution in [3.8, 4) is 0 Å². The molecule has 0 fully saturated rings. The molecule has 0 aliphatic carbocycles. The number of rotatable bonds is 10. The minimum Gasteiger partial charge on any atom is -0.459 e. The van der Waals surface area contributed by atoms with Crippen molar-refractivity contribution in [3.63, 3.8) is 0 Å². The second-order valence-electron chi connectivity index (χ2n) is 6.52. The van der Waals surface area contributed by atoms with E-state index < -0.39 is 26.0 Å². The van der Waals surface area contributed by atoms with Crippen LogP contribution in [0.2, 0.25) is 0 Å². The van der Waals surface area contributed by atoms with Gasteiger partial charge < -0.3 is 19.0 Å². The molecule has 2 N–H and O–H groups in total. The van der Waals surface area contributed by atoms with E-state index in [0.717, 1.165) is 6.42 Å².